The fraction of sp³-hybridized carbons (Fsp3) is 0.308. The third kappa shape index (κ3) is 5.41. The van der Waals surface area contributed by atoms with E-state index in [0.29, 0.717) is 29.6 Å². The van der Waals surface area contributed by atoms with E-state index >= 15 is 0 Å². The van der Waals surface area contributed by atoms with Gasteiger partial charge in [-0.15, -0.1) is 0 Å². The van der Waals surface area contributed by atoms with Crippen LogP contribution in [-0.4, -0.2) is 49.5 Å². The first kappa shape index (κ1) is 26.1. The zero-order chi connectivity index (χ0) is 26.8. The lowest BCUT2D eigenvalue weighted by molar-refractivity contribution is 0.0600. The summed E-state index contributed by atoms with van der Waals surface area (Å²) in [6, 6.07) is 13.4. The summed E-state index contributed by atoms with van der Waals surface area (Å²) in [7, 11) is -3.04. The van der Waals surface area contributed by atoms with Crippen molar-refractivity contribution in [3.05, 3.63) is 71.9 Å². The fourth-order valence-corrected chi connectivity index (χ4v) is 5.05. The summed E-state index contributed by atoms with van der Waals surface area (Å²) in [5.41, 5.74) is 0.250. The van der Waals surface area contributed by atoms with E-state index in [9.17, 15) is 18.0 Å². The Morgan fingerprint density at radius 1 is 1.08 bits per heavy atom. The normalized spacial score (nSPS) is 16.8. The van der Waals surface area contributed by atoms with Crippen LogP contribution in [0.1, 0.15) is 47.9 Å². The lowest BCUT2D eigenvalue weighted by Crippen LogP contribution is -2.43. The molecule has 0 bridgehead atoms. The van der Waals surface area contributed by atoms with Crippen molar-refractivity contribution in [1.29, 1.82) is 0 Å². The summed E-state index contributed by atoms with van der Waals surface area (Å²) in [4.78, 5) is 35.2. The first-order valence-corrected chi connectivity index (χ1v) is 13.1. The van der Waals surface area contributed by atoms with Crippen molar-refractivity contribution in [3.8, 4) is 11.6 Å². The van der Waals surface area contributed by atoms with Crippen LogP contribution in [0.3, 0.4) is 0 Å². The van der Waals surface area contributed by atoms with Gasteiger partial charge in [0, 0.05) is 24.3 Å². The summed E-state index contributed by atoms with van der Waals surface area (Å²) in [5.74, 6) is -0.155. The van der Waals surface area contributed by atoms with Crippen molar-refractivity contribution >= 4 is 27.7 Å². The SMILES string of the molecule is COC(=O)c1ccc(Oc2cccc(S(=O)(=O)NC(=O)c3cccnc3N3CCC(C)C3(C)C)n2)cc1. The van der Waals surface area contributed by atoms with Gasteiger partial charge in [0.25, 0.3) is 15.9 Å². The first-order chi connectivity index (χ1) is 17.5. The van der Waals surface area contributed by atoms with Crippen molar-refractivity contribution in [2.24, 2.45) is 5.92 Å². The number of nitrogens with zero attached hydrogens (tertiary/aromatic N) is 3. The molecule has 37 heavy (non-hydrogen) atoms. The molecule has 4 rings (SSSR count). The van der Waals surface area contributed by atoms with Crippen molar-refractivity contribution in [2.75, 3.05) is 18.6 Å². The Bertz CT molecular complexity index is 1420. The number of amides is 1. The van der Waals surface area contributed by atoms with E-state index in [4.69, 9.17) is 4.74 Å². The predicted molar refractivity (Wildman–Crippen MR) is 136 cm³/mol. The van der Waals surface area contributed by atoms with Crippen LogP contribution in [0, 0.1) is 5.92 Å². The molecule has 3 heterocycles. The molecular formula is C26H28N4O6S. The lowest BCUT2D eigenvalue weighted by atomic mass is 9.90. The molecule has 1 aromatic carbocycles. The van der Waals surface area contributed by atoms with Gasteiger partial charge in [-0.25, -0.2) is 14.5 Å². The number of hydrogen-bond donors (Lipinski definition) is 1. The molecule has 3 aromatic rings. The number of benzene rings is 1. The molecule has 1 fully saturated rings. The number of anilines is 1. The van der Waals surface area contributed by atoms with Crippen molar-refractivity contribution in [3.63, 3.8) is 0 Å². The van der Waals surface area contributed by atoms with Gasteiger partial charge in [0.2, 0.25) is 5.88 Å². The van der Waals surface area contributed by atoms with Crippen molar-refractivity contribution in [1.82, 2.24) is 14.7 Å². The monoisotopic (exact) mass is 524 g/mol. The number of nitrogens with one attached hydrogen (secondary N) is 1. The number of aromatic nitrogens is 2. The topological polar surface area (TPSA) is 128 Å². The Morgan fingerprint density at radius 3 is 2.46 bits per heavy atom. The lowest BCUT2D eigenvalue weighted by Gasteiger charge is -2.36. The Kier molecular flexibility index (Phi) is 7.17. The van der Waals surface area contributed by atoms with Crippen LogP contribution in [0.15, 0.2) is 65.8 Å². The van der Waals surface area contributed by atoms with Gasteiger partial charge in [0.15, 0.2) is 5.03 Å². The minimum absolute atomic E-state index is 0.00369. The molecule has 10 nitrogen and oxygen atoms in total. The predicted octanol–water partition coefficient (Wildman–Crippen LogP) is 3.80. The van der Waals surface area contributed by atoms with Gasteiger partial charge in [0.1, 0.15) is 11.6 Å². The molecule has 2 aromatic heterocycles. The van der Waals surface area contributed by atoms with E-state index in [0.717, 1.165) is 6.42 Å². The Morgan fingerprint density at radius 2 is 1.81 bits per heavy atom. The second kappa shape index (κ2) is 10.2. The van der Waals surface area contributed by atoms with Gasteiger partial charge < -0.3 is 14.4 Å². The Hall–Kier alpha value is -3.99. The van der Waals surface area contributed by atoms with Gasteiger partial charge in [-0.3, -0.25) is 4.79 Å². The Balaban J connectivity index is 1.53. The maximum absolute atomic E-state index is 13.1. The molecule has 1 aliphatic rings. The summed E-state index contributed by atoms with van der Waals surface area (Å²) in [5, 5.41) is -0.384. The average molecular weight is 525 g/mol. The second-order valence-corrected chi connectivity index (χ2v) is 10.9. The minimum atomic E-state index is -4.32. The molecule has 1 N–H and O–H groups in total. The highest BCUT2D eigenvalue weighted by Crippen LogP contribution is 2.38. The smallest absolute Gasteiger partial charge is 0.337 e. The summed E-state index contributed by atoms with van der Waals surface area (Å²) >= 11 is 0. The van der Waals surface area contributed by atoms with Crippen LogP contribution in [0.2, 0.25) is 0 Å². The van der Waals surface area contributed by atoms with Crippen molar-refractivity contribution < 1.29 is 27.5 Å². The molecular weight excluding hydrogens is 496 g/mol. The van der Waals surface area contributed by atoms with Crippen LogP contribution >= 0.6 is 0 Å². The van der Waals surface area contributed by atoms with Gasteiger partial charge in [-0.2, -0.15) is 13.4 Å². The van der Waals surface area contributed by atoms with Gasteiger partial charge in [0.05, 0.1) is 18.2 Å². The Labute approximate surface area is 215 Å². The second-order valence-electron chi connectivity index (χ2n) is 9.24. The van der Waals surface area contributed by atoms with E-state index in [1.807, 2.05) is 4.90 Å². The highest BCUT2D eigenvalue weighted by molar-refractivity contribution is 7.90. The average Bonchev–Trinajstić information content (AvgIpc) is 3.15. The summed E-state index contributed by atoms with van der Waals surface area (Å²) < 4.78 is 38.5. The molecule has 1 amide bonds. The number of carbonyl (C=O) groups is 2. The van der Waals surface area contributed by atoms with Crippen LogP contribution in [-0.2, 0) is 14.8 Å². The number of pyridine rings is 2. The summed E-state index contributed by atoms with van der Waals surface area (Å²) in [6.45, 7) is 7.01. The van der Waals surface area contributed by atoms with Crippen LogP contribution < -0.4 is 14.4 Å². The number of rotatable bonds is 7. The molecule has 1 atom stereocenters. The van der Waals surface area contributed by atoms with Crippen LogP contribution in [0.25, 0.3) is 0 Å². The quantitative estimate of drug-likeness (QED) is 0.459. The van der Waals surface area contributed by atoms with E-state index in [-0.39, 0.29) is 22.0 Å². The number of hydrogen-bond acceptors (Lipinski definition) is 9. The molecule has 1 aliphatic heterocycles. The largest absolute Gasteiger partial charge is 0.465 e. The van der Waals surface area contributed by atoms with E-state index in [1.165, 1.54) is 49.6 Å². The third-order valence-corrected chi connectivity index (χ3v) is 7.90. The molecule has 0 spiro atoms. The highest BCUT2D eigenvalue weighted by atomic mass is 32.2. The molecule has 1 saturated heterocycles. The number of sulfonamides is 1. The van der Waals surface area contributed by atoms with E-state index < -0.39 is 21.9 Å². The number of ether oxygens (including phenoxy) is 2. The van der Waals surface area contributed by atoms with Gasteiger partial charge >= 0.3 is 5.97 Å². The van der Waals surface area contributed by atoms with Crippen LogP contribution in [0.5, 0.6) is 11.6 Å². The molecule has 194 valence electrons. The number of esters is 1. The van der Waals surface area contributed by atoms with E-state index in [2.05, 4.69) is 40.2 Å². The highest BCUT2D eigenvalue weighted by Gasteiger charge is 2.40. The van der Waals surface area contributed by atoms with Gasteiger partial charge in [-0.1, -0.05) is 13.0 Å². The zero-order valence-corrected chi connectivity index (χ0v) is 21.8. The fourth-order valence-electron chi connectivity index (χ4n) is 4.13. The number of methoxy groups -OCH3 is 1. The van der Waals surface area contributed by atoms with E-state index in [1.54, 1.807) is 18.3 Å². The molecule has 0 radical (unpaired) electrons. The zero-order valence-electron chi connectivity index (χ0n) is 21.0. The minimum Gasteiger partial charge on any atom is -0.465 e. The molecule has 0 aliphatic carbocycles. The maximum Gasteiger partial charge on any atom is 0.337 e. The van der Waals surface area contributed by atoms with Crippen LogP contribution in [0.4, 0.5) is 5.82 Å². The molecule has 1 unspecified atom stereocenters. The first-order valence-electron chi connectivity index (χ1n) is 11.7. The van der Waals surface area contributed by atoms with Gasteiger partial charge in [-0.05, 0) is 68.7 Å². The molecule has 0 saturated carbocycles. The molecule has 11 heteroatoms. The van der Waals surface area contributed by atoms with Crippen molar-refractivity contribution in [2.45, 2.75) is 37.8 Å². The maximum atomic E-state index is 13.1. The standard InChI is InChI=1S/C26H28N4O6S/c1-17-14-16-30(26(17,2)3)23-20(7-6-15-27-23)24(31)29-37(33,34)22-9-5-8-21(28-22)36-19-12-10-18(11-13-19)25(32)35-4/h5-13,15,17H,14,16H2,1-4H3,(H,29,31). The summed E-state index contributed by atoms with van der Waals surface area (Å²) in [6.07, 6.45) is 2.52. The third-order valence-electron chi connectivity index (χ3n) is 6.67. The number of carbonyl (C=O) groups excluding carboxylic acids is 2.